The highest BCUT2D eigenvalue weighted by Crippen LogP contribution is 2.26. The number of piperazine rings is 1. The molecule has 1 N–H and O–H groups in total. The third kappa shape index (κ3) is 7.58. The third-order valence-corrected chi connectivity index (χ3v) is 6.95. The number of carbonyl (C=O) groups excluding carboxylic acids is 2. The number of amides is 2. The monoisotopic (exact) mass is 517 g/mol. The number of rotatable bonds is 7. The molecule has 1 aliphatic rings. The van der Waals surface area contributed by atoms with E-state index >= 15 is 0 Å². The van der Waals surface area contributed by atoms with E-state index in [9.17, 15) is 9.59 Å². The summed E-state index contributed by atoms with van der Waals surface area (Å²) in [7, 11) is 0. The van der Waals surface area contributed by atoms with Crippen LogP contribution >= 0.6 is 23.4 Å². The minimum atomic E-state index is -0.0508. The number of hydrogen-bond donors (Lipinski definition) is 1. The second-order valence-corrected chi connectivity index (χ2v) is 11.8. The number of aromatic nitrogens is 2. The van der Waals surface area contributed by atoms with Gasteiger partial charge >= 0.3 is 0 Å². The summed E-state index contributed by atoms with van der Waals surface area (Å²) in [6.45, 7) is 15.1. The zero-order valence-electron chi connectivity index (χ0n) is 21.5. The number of carbonyl (C=O) groups is 2. The highest BCUT2D eigenvalue weighted by atomic mass is 35.5. The Bertz CT molecular complexity index is 1040. The van der Waals surface area contributed by atoms with E-state index in [2.05, 4.69) is 54.8 Å². The van der Waals surface area contributed by atoms with Crippen molar-refractivity contribution in [1.82, 2.24) is 20.2 Å². The van der Waals surface area contributed by atoms with E-state index in [0.29, 0.717) is 53.8 Å². The Balaban J connectivity index is 1.62. The average Bonchev–Trinajstić information content (AvgIpc) is 2.80. The van der Waals surface area contributed by atoms with Gasteiger partial charge in [0.1, 0.15) is 11.0 Å². The number of nitrogens with zero attached hydrogens (tertiary/aromatic N) is 4. The first-order valence-electron chi connectivity index (χ1n) is 12.0. The van der Waals surface area contributed by atoms with Crippen LogP contribution in [0.4, 0.5) is 5.82 Å². The summed E-state index contributed by atoms with van der Waals surface area (Å²) >= 11 is 7.54. The number of halogens is 1. The highest BCUT2D eigenvalue weighted by Gasteiger charge is 2.29. The summed E-state index contributed by atoms with van der Waals surface area (Å²) in [5.41, 5.74) is 1.96. The lowest BCUT2D eigenvalue weighted by atomic mass is 9.86. The topological polar surface area (TPSA) is 78.4 Å². The molecule has 2 heterocycles. The van der Waals surface area contributed by atoms with Gasteiger partial charge in [-0.2, -0.15) is 0 Å². The van der Waals surface area contributed by atoms with E-state index in [-0.39, 0.29) is 29.0 Å². The summed E-state index contributed by atoms with van der Waals surface area (Å²) in [5.74, 6) is 1.34. The van der Waals surface area contributed by atoms with Gasteiger partial charge in [0.25, 0.3) is 5.91 Å². The zero-order valence-corrected chi connectivity index (χ0v) is 23.0. The molecular weight excluding hydrogens is 482 g/mol. The van der Waals surface area contributed by atoms with Crippen LogP contribution in [0.5, 0.6) is 0 Å². The van der Waals surface area contributed by atoms with Crippen molar-refractivity contribution in [3.05, 3.63) is 46.6 Å². The van der Waals surface area contributed by atoms with Crippen molar-refractivity contribution >= 4 is 41.0 Å². The maximum absolute atomic E-state index is 13.2. The van der Waals surface area contributed by atoms with E-state index < -0.39 is 0 Å². The molecule has 0 radical (unpaired) electrons. The van der Waals surface area contributed by atoms with Crippen molar-refractivity contribution in [3.8, 4) is 0 Å². The Morgan fingerprint density at radius 1 is 1.17 bits per heavy atom. The highest BCUT2D eigenvalue weighted by molar-refractivity contribution is 7.99. The standard InChI is InChI=1S/C26H36ClN5O2S/c1-17(2)14-28-23(33)16-35-25-29-21(27)13-22(30-25)31-11-12-32(18(3)15-31)24(34)19-7-9-20(10-8-19)26(4,5)6/h7-10,13,17-18H,11-12,14-16H2,1-6H3,(H,28,33). The van der Waals surface area contributed by atoms with E-state index in [1.807, 2.05) is 36.1 Å². The Hall–Kier alpha value is -2.32. The van der Waals surface area contributed by atoms with Crippen LogP contribution in [0.2, 0.25) is 5.15 Å². The van der Waals surface area contributed by atoms with E-state index in [0.717, 1.165) is 0 Å². The molecule has 0 aliphatic carbocycles. The quantitative estimate of drug-likeness (QED) is 0.327. The molecule has 1 unspecified atom stereocenters. The summed E-state index contributed by atoms with van der Waals surface area (Å²) < 4.78 is 0. The van der Waals surface area contributed by atoms with Crippen LogP contribution in [0.25, 0.3) is 0 Å². The van der Waals surface area contributed by atoms with Crippen LogP contribution in [0.15, 0.2) is 35.5 Å². The maximum atomic E-state index is 13.2. The first kappa shape index (κ1) is 27.3. The summed E-state index contributed by atoms with van der Waals surface area (Å²) in [5, 5.41) is 3.70. The molecule has 1 atom stereocenters. The Kier molecular flexibility index (Phi) is 9.05. The molecule has 2 aromatic rings. The predicted molar refractivity (Wildman–Crippen MR) is 143 cm³/mol. The van der Waals surface area contributed by atoms with Crippen molar-refractivity contribution in [2.24, 2.45) is 5.92 Å². The first-order chi connectivity index (χ1) is 16.4. The number of benzene rings is 1. The van der Waals surface area contributed by atoms with Gasteiger partial charge < -0.3 is 15.1 Å². The van der Waals surface area contributed by atoms with Crippen molar-refractivity contribution in [3.63, 3.8) is 0 Å². The molecule has 0 spiro atoms. The lowest BCUT2D eigenvalue weighted by Crippen LogP contribution is -2.54. The fourth-order valence-corrected chi connectivity index (χ4v) is 4.77. The van der Waals surface area contributed by atoms with Gasteiger partial charge in [0.05, 0.1) is 5.75 Å². The second kappa shape index (κ2) is 11.6. The van der Waals surface area contributed by atoms with Gasteiger partial charge in [0, 0.05) is 43.9 Å². The molecule has 3 rings (SSSR count). The molecule has 9 heteroatoms. The summed E-state index contributed by atoms with van der Waals surface area (Å²) in [6, 6.07) is 9.67. The minimum absolute atomic E-state index is 0.00481. The molecule has 1 aliphatic heterocycles. The molecule has 7 nitrogen and oxygen atoms in total. The SMILES string of the molecule is CC(C)CNC(=O)CSc1nc(Cl)cc(N2CCN(C(=O)c3ccc(C(C)(C)C)cc3)C(C)C2)n1. The normalized spacial score (nSPS) is 16.5. The minimum Gasteiger partial charge on any atom is -0.355 e. The molecule has 0 saturated carbocycles. The summed E-state index contributed by atoms with van der Waals surface area (Å²) in [6.07, 6.45) is 0. The van der Waals surface area contributed by atoms with Crippen molar-refractivity contribution in [1.29, 1.82) is 0 Å². The second-order valence-electron chi connectivity index (χ2n) is 10.4. The van der Waals surface area contributed by atoms with Crippen molar-refractivity contribution in [2.45, 2.75) is 58.2 Å². The van der Waals surface area contributed by atoms with E-state index in [4.69, 9.17) is 11.6 Å². The fraction of sp³-hybridized carbons (Fsp3) is 0.538. The number of thioether (sulfide) groups is 1. The molecule has 1 saturated heterocycles. The van der Waals surface area contributed by atoms with Gasteiger partial charge in [0.2, 0.25) is 5.91 Å². The zero-order chi connectivity index (χ0) is 25.8. The molecule has 1 aromatic heterocycles. The lowest BCUT2D eigenvalue weighted by Gasteiger charge is -2.40. The van der Waals surface area contributed by atoms with E-state index in [1.54, 1.807) is 6.07 Å². The Morgan fingerprint density at radius 3 is 2.46 bits per heavy atom. The van der Waals surface area contributed by atoms with Crippen molar-refractivity contribution < 1.29 is 9.59 Å². The third-order valence-electron chi connectivity index (χ3n) is 5.91. The number of nitrogens with one attached hydrogen (secondary N) is 1. The molecule has 0 bridgehead atoms. The van der Waals surface area contributed by atoms with E-state index in [1.165, 1.54) is 17.3 Å². The Morgan fingerprint density at radius 2 is 1.86 bits per heavy atom. The molecule has 2 amide bonds. The molecular formula is C26H36ClN5O2S. The average molecular weight is 518 g/mol. The van der Waals surface area contributed by atoms with Crippen LogP contribution < -0.4 is 10.2 Å². The molecule has 1 aromatic carbocycles. The Labute approximate surface area is 218 Å². The molecule has 190 valence electrons. The maximum Gasteiger partial charge on any atom is 0.254 e. The predicted octanol–water partition coefficient (Wildman–Crippen LogP) is 4.64. The van der Waals surface area contributed by atoms with Gasteiger partial charge in [-0.1, -0.05) is 70.1 Å². The smallest absolute Gasteiger partial charge is 0.254 e. The molecule has 35 heavy (non-hydrogen) atoms. The van der Waals surface area contributed by atoms with Crippen LogP contribution in [0.3, 0.4) is 0 Å². The van der Waals surface area contributed by atoms with Crippen LogP contribution in [0.1, 0.15) is 57.5 Å². The fourth-order valence-electron chi connectivity index (χ4n) is 3.86. The van der Waals surface area contributed by atoms with Gasteiger partial charge in [-0.25, -0.2) is 9.97 Å². The van der Waals surface area contributed by atoms with Gasteiger partial charge in [0.15, 0.2) is 5.16 Å². The largest absolute Gasteiger partial charge is 0.355 e. The lowest BCUT2D eigenvalue weighted by molar-refractivity contribution is -0.118. The van der Waals surface area contributed by atoms with Gasteiger partial charge in [-0.15, -0.1) is 0 Å². The van der Waals surface area contributed by atoms with Crippen LogP contribution in [-0.4, -0.2) is 64.7 Å². The first-order valence-corrected chi connectivity index (χ1v) is 13.4. The van der Waals surface area contributed by atoms with Crippen LogP contribution in [0, 0.1) is 5.92 Å². The van der Waals surface area contributed by atoms with Gasteiger partial charge in [-0.3, -0.25) is 9.59 Å². The number of anilines is 1. The molecule has 1 fully saturated rings. The van der Waals surface area contributed by atoms with Crippen LogP contribution in [-0.2, 0) is 10.2 Å². The van der Waals surface area contributed by atoms with Crippen molar-refractivity contribution in [2.75, 3.05) is 36.8 Å². The summed E-state index contributed by atoms with van der Waals surface area (Å²) in [4.78, 5) is 38.2. The van der Waals surface area contributed by atoms with Gasteiger partial charge in [-0.05, 0) is 36.0 Å². The number of hydrogen-bond acceptors (Lipinski definition) is 6.